The quantitative estimate of drug-likeness (QED) is 0.553. The zero-order valence-electron chi connectivity index (χ0n) is 7.71. The van der Waals surface area contributed by atoms with Gasteiger partial charge in [-0.05, 0) is 0 Å². The van der Waals surface area contributed by atoms with Crippen LogP contribution >= 0.6 is 0 Å². The van der Waals surface area contributed by atoms with Crippen molar-refractivity contribution in [2.75, 3.05) is 0 Å². The van der Waals surface area contributed by atoms with Crippen LogP contribution in [0.1, 0.15) is 27.7 Å². The fraction of sp³-hybridized carbons (Fsp3) is 1.00. The standard InChI is InChI=1S/C8H20Ge/c1-7-9(5,6)8(2,3)4/h7H2,1-6H3. The van der Waals surface area contributed by atoms with Gasteiger partial charge in [-0.3, -0.25) is 0 Å². The summed E-state index contributed by atoms with van der Waals surface area (Å²) in [6.45, 7) is 9.49. The number of hydrogen-bond acceptors (Lipinski definition) is 0. The molecule has 0 N–H and O–H groups in total. The fourth-order valence-corrected chi connectivity index (χ4v) is 2.76. The van der Waals surface area contributed by atoms with Gasteiger partial charge in [0, 0.05) is 0 Å². The summed E-state index contributed by atoms with van der Waals surface area (Å²) in [6.07, 6.45) is 0. The summed E-state index contributed by atoms with van der Waals surface area (Å²) in [5.74, 6) is 5.03. The van der Waals surface area contributed by atoms with Crippen molar-refractivity contribution < 1.29 is 0 Å². The fourth-order valence-electron chi connectivity index (χ4n) is 0.530. The summed E-state index contributed by atoms with van der Waals surface area (Å²) in [5.41, 5.74) is 0. The van der Waals surface area contributed by atoms with E-state index in [4.69, 9.17) is 0 Å². The molecule has 0 bridgehead atoms. The molecule has 0 saturated carbocycles. The number of rotatable bonds is 1. The van der Waals surface area contributed by atoms with Gasteiger partial charge in [-0.1, -0.05) is 0 Å². The van der Waals surface area contributed by atoms with Gasteiger partial charge in [-0.25, -0.2) is 0 Å². The second kappa shape index (κ2) is 2.65. The average molecular weight is 189 g/mol. The Morgan fingerprint density at radius 1 is 1.11 bits per heavy atom. The Bertz CT molecular complexity index is 87.2. The van der Waals surface area contributed by atoms with Crippen LogP contribution in [0.15, 0.2) is 0 Å². The Morgan fingerprint density at radius 2 is 1.44 bits per heavy atom. The first kappa shape index (κ1) is 9.54. The third-order valence-corrected chi connectivity index (χ3v) is 15.1. The van der Waals surface area contributed by atoms with Crippen molar-refractivity contribution in [1.29, 1.82) is 0 Å². The summed E-state index contributed by atoms with van der Waals surface area (Å²) in [5, 5.41) is 1.45. The Kier molecular flexibility index (Phi) is 2.81. The second-order valence-electron chi connectivity index (χ2n) is 4.49. The van der Waals surface area contributed by atoms with Crippen LogP contribution in [0, 0.1) is 0 Å². The topological polar surface area (TPSA) is 0 Å². The van der Waals surface area contributed by atoms with Crippen molar-refractivity contribution in [2.24, 2.45) is 0 Å². The van der Waals surface area contributed by atoms with E-state index < -0.39 is 13.3 Å². The van der Waals surface area contributed by atoms with Gasteiger partial charge in [-0.2, -0.15) is 0 Å². The van der Waals surface area contributed by atoms with E-state index >= 15 is 0 Å². The third kappa shape index (κ3) is 2.32. The van der Waals surface area contributed by atoms with Crippen molar-refractivity contribution in [1.82, 2.24) is 0 Å². The molecule has 0 fully saturated rings. The van der Waals surface area contributed by atoms with Crippen LogP contribution < -0.4 is 0 Å². The molecular formula is C8H20Ge. The molecule has 0 spiro atoms. The molecule has 0 radical (unpaired) electrons. The Labute approximate surface area is 62.4 Å². The molecule has 0 aliphatic rings. The predicted molar refractivity (Wildman–Crippen MR) is 47.7 cm³/mol. The van der Waals surface area contributed by atoms with Gasteiger partial charge in [-0.15, -0.1) is 0 Å². The predicted octanol–water partition coefficient (Wildman–Crippen LogP) is 3.51. The molecule has 0 rings (SSSR count). The van der Waals surface area contributed by atoms with Crippen molar-refractivity contribution in [3.05, 3.63) is 0 Å². The summed E-state index contributed by atoms with van der Waals surface area (Å²) in [7, 11) is 0. The maximum atomic E-state index is 2.51. The van der Waals surface area contributed by atoms with Gasteiger partial charge >= 0.3 is 62.0 Å². The molecule has 0 aromatic carbocycles. The van der Waals surface area contributed by atoms with E-state index in [1.807, 2.05) is 0 Å². The molecule has 0 amide bonds. The van der Waals surface area contributed by atoms with Gasteiger partial charge in [0.05, 0.1) is 0 Å². The van der Waals surface area contributed by atoms with Crippen molar-refractivity contribution in [3.8, 4) is 0 Å². The van der Waals surface area contributed by atoms with E-state index in [2.05, 4.69) is 39.2 Å². The minimum atomic E-state index is -1.35. The van der Waals surface area contributed by atoms with E-state index in [0.717, 1.165) is 0 Å². The van der Waals surface area contributed by atoms with Crippen molar-refractivity contribution >= 4 is 13.3 Å². The summed E-state index contributed by atoms with van der Waals surface area (Å²) < 4.78 is 0.634. The van der Waals surface area contributed by atoms with E-state index in [-0.39, 0.29) is 0 Å². The summed E-state index contributed by atoms with van der Waals surface area (Å²) >= 11 is -1.35. The molecule has 0 unspecified atom stereocenters. The molecule has 56 valence electrons. The molecule has 0 nitrogen and oxygen atoms in total. The zero-order valence-corrected chi connectivity index (χ0v) is 9.81. The van der Waals surface area contributed by atoms with Crippen LogP contribution in [0.5, 0.6) is 0 Å². The zero-order chi connectivity index (χ0) is 7.71. The summed E-state index contributed by atoms with van der Waals surface area (Å²) in [4.78, 5) is 0. The Balaban J connectivity index is 4.14. The van der Waals surface area contributed by atoms with Crippen LogP contribution in [0.4, 0.5) is 0 Å². The van der Waals surface area contributed by atoms with Gasteiger partial charge in [0.15, 0.2) is 0 Å². The van der Waals surface area contributed by atoms with Crippen LogP contribution in [-0.2, 0) is 0 Å². The summed E-state index contributed by atoms with van der Waals surface area (Å²) in [6, 6.07) is 0. The molecule has 0 aliphatic carbocycles. The number of hydrogen-bond donors (Lipinski definition) is 0. The van der Waals surface area contributed by atoms with Gasteiger partial charge < -0.3 is 0 Å². The Hall–Kier alpha value is 0.543. The van der Waals surface area contributed by atoms with E-state index in [1.165, 1.54) is 5.25 Å². The molecular weight excluding hydrogens is 169 g/mol. The second-order valence-corrected chi connectivity index (χ2v) is 17.0. The molecule has 0 atom stereocenters. The third-order valence-electron chi connectivity index (χ3n) is 2.91. The normalized spacial score (nSPS) is 14.0. The Morgan fingerprint density at radius 3 is 1.44 bits per heavy atom. The van der Waals surface area contributed by atoms with Crippen molar-refractivity contribution in [2.45, 2.75) is 48.7 Å². The molecule has 0 aromatic heterocycles. The average Bonchev–Trinajstić information content (AvgIpc) is 1.64. The maximum absolute atomic E-state index is 2.51. The van der Waals surface area contributed by atoms with Gasteiger partial charge in [0.25, 0.3) is 0 Å². The molecule has 0 aliphatic heterocycles. The van der Waals surface area contributed by atoms with Gasteiger partial charge in [0.2, 0.25) is 0 Å². The first-order chi connectivity index (χ1) is 3.81. The minimum absolute atomic E-state index is 0.634. The van der Waals surface area contributed by atoms with Crippen LogP contribution in [0.25, 0.3) is 0 Å². The van der Waals surface area contributed by atoms with E-state index in [9.17, 15) is 0 Å². The molecule has 1 heteroatoms. The molecule has 0 aromatic rings. The first-order valence-corrected chi connectivity index (χ1v) is 10.5. The SMILES string of the molecule is C[CH2][Ge]([CH3])([CH3])[C](C)(C)C. The van der Waals surface area contributed by atoms with Crippen LogP contribution in [-0.4, -0.2) is 13.3 Å². The monoisotopic (exact) mass is 190 g/mol. The van der Waals surface area contributed by atoms with E-state index in [0.29, 0.717) is 4.25 Å². The van der Waals surface area contributed by atoms with Crippen molar-refractivity contribution in [3.63, 3.8) is 0 Å². The van der Waals surface area contributed by atoms with E-state index in [1.54, 1.807) is 0 Å². The molecule has 0 heterocycles. The van der Waals surface area contributed by atoms with Crippen LogP contribution in [0.2, 0.25) is 21.0 Å². The first-order valence-electron chi connectivity index (χ1n) is 3.81. The molecule has 0 saturated heterocycles. The molecule has 9 heavy (non-hydrogen) atoms. The van der Waals surface area contributed by atoms with Crippen LogP contribution in [0.3, 0.4) is 0 Å². The van der Waals surface area contributed by atoms with Gasteiger partial charge in [0.1, 0.15) is 0 Å².